The number of benzene rings is 2. The number of hydrogen-bond acceptors (Lipinski definition) is 1. The lowest BCUT2D eigenvalue weighted by Gasteiger charge is -2.03. The van der Waals surface area contributed by atoms with Crippen LogP contribution in [-0.4, -0.2) is 4.87 Å². The Kier molecular flexibility index (Phi) is 9.61. The molecule has 0 aliphatic heterocycles. The molecule has 0 aliphatic rings. The third kappa shape index (κ3) is 7.94. The van der Waals surface area contributed by atoms with Crippen LogP contribution >= 0.6 is 0 Å². The summed E-state index contributed by atoms with van der Waals surface area (Å²) >= 11 is 0. The van der Waals surface area contributed by atoms with Crippen molar-refractivity contribution in [3.63, 3.8) is 0 Å². The van der Waals surface area contributed by atoms with Gasteiger partial charge in [-0.1, -0.05) is 76.6 Å². The predicted molar refractivity (Wildman–Crippen MR) is 115 cm³/mol. The third-order valence-corrected chi connectivity index (χ3v) is 4.99. The van der Waals surface area contributed by atoms with Gasteiger partial charge in [0.15, 0.2) is 4.87 Å². The number of aryl methyl sites for hydroxylation is 2. The van der Waals surface area contributed by atoms with Crippen molar-refractivity contribution in [1.82, 2.24) is 0 Å². The van der Waals surface area contributed by atoms with E-state index in [4.69, 9.17) is 0 Å². The van der Waals surface area contributed by atoms with Crippen LogP contribution in [0.15, 0.2) is 48.5 Å². The molecule has 0 amide bonds. The van der Waals surface area contributed by atoms with E-state index < -0.39 is 0 Å². The van der Waals surface area contributed by atoms with Crippen LogP contribution in [0.2, 0.25) is 0 Å². The molecular weight excluding hydrogens is 332 g/mol. The van der Waals surface area contributed by atoms with E-state index in [-0.39, 0.29) is 0 Å². The summed E-state index contributed by atoms with van der Waals surface area (Å²) in [7, 11) is 0. The molecule has 0 aliphatic carbocycles. The average Bonchev–Trinajstić information content (AvgIpc) is 2.70. The lowest BCUT2D eigenvalue weighted by Crippen LogP contribution is -2.10. The number of nitrogens with zero attached hydrogens (tertiary/aromatic N) is 1. The van der Waals surface area contributed by atoms with Crippen molar-refractivity contribution in [2.45, 2.75) is 78.1 Å². The zero-order chi connectivity index (χ0) is 19.3. The van der Waals surface area contributed by atoms with Gasteiger partial charge >= 0.3 is 0 Å². The van der Waals surface area contributed by atoms with Gasteiger partial charge in [-0.05, 0) is 48.9 Å². The van der Waals surface area contributed by atoms with Gasteiger partial charge in [-0.3, -0.25) is 0 Å². The van der Waals surface area contributed by atoms with Gasteiger partial charge in [0.2, 0.25) is 0 Å². The molecule has 0 saturated carbocycles. The first-order chi connectivity index (χ1) is 13.2. The second-order valence-corrected chi connectivity index (χ2v) is 7.39. The highest BCUT2D eigenvalue weighted by Gasteiger charge is 2.13. The lowest BCUT2D eigenvalue weighted by atomic mass is 10.1. The fourth-order valence-electron chi connectivity index (χ4n) is 3.24. The lowest BCUT2D eigenvalue weighted by molar-refractivity contribution is -0.427. The Morgan fingerprint density at radius 1 is 0.667 bits per heavy atom. The number of hydrogen-bond donors (Lipinski definition) is 1. The molecular formula is C24H35N2O+. The fourth-order valence-corrected chi connectivity index (χ4v) is 3.24. The van der Waals surface area contributed by atoms with Gasteiger partial charge in [0, 0.05) is 12.1 Å². The minimum absolute atomic E-state index is 0.635. The second kappa shape index (κ2) is 12.3. The smallest absolute Gasteiger partial charge is 0.114 e. The van der Waals surface area contributed by atoms with Gasteiger partial charge in [0.25, 0.3) is 5.69 Å². The van der Waals surface area contributed by atoms with E-state index in [1.54, 1.807) is 0 Å². The Hall–Kier alpha value is -2.16. The maximum atomic E-state index is 12.4. The number of rotatable bonds is 13. The Morgan fingerprint density at radius 2 is 1.15 bits per heavy atom. The summed E-state index contributed by atoms with van der Waals surface area (Å²) in [6, 6.07) is 16.1. The molecule has 0 atom stereocenters. The summed E-state index contributed by atoms with van der Waals surface area (Å²) in [4.78, 5) is 13.2. The first kappa shape index (κ1) is 21.1. The number of nitrogens with one attached hydrogen (secondary N) is 1. The first-order valence-corrected chi connectivity index (χ1v) is 10.6. The van der Waals surface area contributed by atoms with Crippen LogP contribution in [0, 0.1) is 4.91 Å². The molecule has 0 heterocycles. The van der Waals surface area contributed by atoms with Gasteiger partial charge in [-0.2, -0.15) is 0 Å². The molecule has 1 N–H and O–H groups in total. The number of nitroso groups, excluding NO2 is 1. The summed E-state index contributed by atoms with van der Waals surface area (Å²) in [6.07, 6.45) is 12.4. The summed E-state index contributed by atoms with van der Waals surface area (Å²) in [6.45, 7) is 4.46. The molecule has 3 nitrogen and oxygen atoms in total. The van der Waals surface area contributed by atoms with E-state index in [2.05, 4.69) is 43.5 Å². The van der Waals surface area contributed by atoms with Crippen molar-refractivity contribution in [1.29, 1.82) is 0 Å². The molecule has 0 fully saturated rings. The minimum Gasteiger partial charge on any atom is -0.114 e. The predicted octanol–water partition coefficient (Wildman–Crippen LogP) is 7.37. The SMILES string of the molecule is CCCCCCc1ccc(N[N+](=O)c2ccc(CCCCCC)cc2)cc1. The van der Waals surface area contributed by atoms with Crippen LogP contribution in [0.5, 0.6) is 0 Å². The summed E-state index contributed by atoms with van der Waals surface area (Å²) < 4.78 is 0. The highest BCUT2D eigenvalue weighted by atomic mass is 16.3. The van der Waals surface area contributed by atoms with E-state index in [9.17, 15) is 4.91 Å². The Balaban J connectivity index is 1.80. The molecule has 0 radical (unpaired) electrons. The normalized spacial score (nSPS) is 10.7. The molecule has 0 unspecified atom stereocenters. The molecule has 2 rings (SSSR count). The van der Waals surface area contributed by atoms with Crippen LogP contribution in [0.25, 0.3) is 0 Å². The Bertz CT molecular complexity index is 662. The third-order valence-electron chi connectivity index (χ3n) is 4.99. The Labute approximate surface area is 164 Å². The number of hydrazine groups is 1. The largest absolute Gasteiger partial charge is 0.292 e. The molecule has 0 spiro atoms. The molecule has 3 heteroatoms. The van der Waals surface area contributed by atoms with Crippen molar-refractivity contribution >= 4 is 11.4 Å². The van der Waals surface area contributed by atoms with Crippen molar-refractivity contribution in [3.8, 4) is 0 Å². The molecule has 2 aromatic carbocycles. The minimum atomic E-state index is 0.635. The standard InChI is InChI=1S/C24H35N2O/c1-3-5-7-9-11-21-13-17-23(18-14-21)25-26(27)24-19-15-22(16-20-24)12-10-8-6-4-2/h13-20H,3-12H2,1-2H3,(H,25,27)/q+1. The summed E-state index contributed by atoms with van der Waals surface area (Å²) in [5.74, 6) is 0. The first-order valence-electron chi connectivity index (χ1n) is 10.6. The van der Waals surface area contributed by atoms with Crippen LogP contribution in [0.3, 0.4) is 0 Å². The molecule has 0 aromatic heterocycles. The molecule has 0 saturated heterocycles. The van der Waals surface area contributed by atoms with Gasteiger partial charge < -0.3 is 0 Å². The van der Waals surface area contributed by atoms with Crippen LogP contribution < -0.4 is 5.43 Å². The topological polar surface area (TPSA) is 32.1 Å². The van der Waals surface area contributed by atoms with Crippen LogP contribution in [-0.2, 0) is 12.8 Å². The highest BCUT2D eigenvalue weighted by Crippen LogP contribution is 2.18. The van der Waals surface area contributed by atoms with Crippen LogP contribution in [0.4, 0.5) is 11.4 Å². The van der Waals surface area contributed by atoms with E-state index in [1.165, 1.54) is 62.5 Å². The number of unbranched alkanes of at least 4 members (excludes halogenated alkanes) is 6. The zero-order valence-electron chi connectivity index (χ0n) is 17.0. The second-order valence-electron chi connectivity index (χ2n) is 7.39. The zero-order valence-corrected chi connectivity index (χ0v) is 17.0. The van der Waals surface area contributed by atoms with Crippen molar-refractivity contribution in [2.75, 3.05) is 5.43 Å². The van der Waals surface area contributed by atoms with Gasteiger partial charge in [-0.25, -0.2) is 0 Å². The number of anilines is 1. The summed E-state index contributed by atoms with van der Waals surface area (Å²) in [5.41, 5.74) is 7.02. The van der Waals surface area contributed by atoms with E-state index >= 15 is 0 Å². The van der Waals surface area contributed by atoms with Gasteiger partial charge in [-0.15, -0.1) is 5.43 Å². The van der Waals surface area contributed by atoms with E-state index in [1.807, 2.05) is 24.3 Å². The fraction of sp³-hybridized carbons (Fsp3) is 0.500. The van der Waals surface area contributed by atoms with E-state index in [0.29, 0.717) is 5.69 Å². The van der Waals surface area contributed by atoms with Crippen molar-refractivity contribution in [2.24, 2.45) is 0 Å². The quantitative estimate of drug-likeness (QED) is 0.228. The van der Waals surface area contributed by atoms with Gasteiger partial charge in [0.1, 0.15) is 5.69 Å². The summed E-state index contributed by atoms with van der Waals surface area (Å²) in [5, 5.41) is 0. The van der Waals surface area contributed by atoms with Crippen molar-refractivity contribution < 1.29 is 4.87 Å². The van der Waals surface area contributed by atoms with Crippen molar-refractivity contribution in [3.05, 3.63) is 64.6 Å². The monoisotopic (exact) mass is 367 g/mol. The molecule has 146 valence electrons. The molecule has 27 heavy (non-hydrogen) atoms. The average molecular weight is 368 g/mol. The Morgan fingerprint density at radius 3 is 1.63 bits per heavy atom. The maximum absolute atomic E-state index is 12.4. The molecule has 2 aromatic rings. The van der Waals surface area contributed by atoms with Gasteiger partial charge in [0.05, 0.1) is 4.91 Å². The molecule has 0 bridgehead atoms. The van der Waals surface area contributed by atoms with Crippen LogP contribution in [0.1, 0.15) is 76.3 Å². The maximum Gasteiger partial charge on any atom is 0.292 e. The van der Waals surface area contributed by atoms with E-state index in [0.717, 1.165) is 23.4 Å². The highest BCUT2D eigenvalue weighted by molar-refractivity contribution is 5.43.